The van der Waals surface area contributed by atoms with Gasteiger partial charge in [0.1, 0.15) is 17.2 Å². The van der Waals surface area contributed by atoms with Crippen molar-refractivity contribution in [3.05, 3.63) is 47.5 Å². The zero-order valence-corrected chi connectivity index (χ0v) is 18.8. The van der Waals surface area contributed by atoms with E-state index in [1.807, 2.05) is 6.08 Å². The van der Waals surface area contributed by atoms with Crippen LogP contribution in [0.4, 0.5) is 22.0 Å². The minimum absolute atomic E-state index is 0.0422. The molecule has 4 atom stereocenters. The molecule has 0 amide bonds. The Bertz CT molecular complexity index is 767. The summed E-state index contributed by atoms with van der Waals surface area (Å²) >= 11 is 0. The van der Waals surface area contributed by atoms with E-state index in [0.29, 0.717) is 17.4 Å². The molecule has 0 aromatic heterocycles. The van der Waals surface area contributed by atoms with Crippen LogP contribution < -0.4 is 0 Å². The lowest BCUT2D eigenvalue weighted by Gasteiger charge is -2.45. The lowest BCUT2D eigenvalue weighted by Crippen LogP contribution is -2.34. The summed E-state index contributed by atoms with van der Waals surface area (Å²) in [6.45, 7) is 3.84. The fourth-order valence-corrected chi connectivity index (χ4v) is 7.06. The molecule has 0 radical (unpaired) electrons. The summed E-state index contributed by atoms with van der Waals surface area (Å²) in [6.07, 6.45) is 11.1. The molecule has 3 fully saturated rings. The van der Waals surface area contributed by atoms with E-state index in [9.17, 15) is 22.0 Å². The van der Waals surface area contributed by atoms with Crippen molar-refractivity contribution in [3.63, 3.8) is 0 Å². The van der Waals surface area contributed by atoms with E-state index in [2.05, 4.69) is 6.58 Å². The summed E-state index contributed by atoms with van der Waals surface area (Å²) in [5, 5.41) is 0. The third-order valence-electron chi connectivity index (χ3n) is 8.81. The van der Waals surface area contributed by atoms with Gasteiger partial charge in [-0.1, -0.05) is 18.9 Å². The molecule has 5 heteroatoms. The van der Waals surface area contributed by atoms with Gasteiger partial charge in [-0.05, 0) is 117 Å². The van der Waals surface area contributed by atoms with Crippen molar-refractivity contribution >= 4 is 0 Å². The third kappa shape index (κ3) is 5.22. The Morgan fingerprint density at radius 2 is 1.31 bits per heavy atom. The van der Waals surface area contributed by atoms with E-state index >= 15 is 0 Å². The molecule has 3 aliphatic carbocycles. The van der Waals surface area contributed by atoms with Crippen LogP contribution in [0.2, 0.25) is 0 Å². The van der Waals surface area contributed by atoms with Crippen LogP contribution in [0.25, 0.3) is 0 Å². The highest BCUT2D eigenvalue weighted by atomic mass is 19.4. The van der Waals surface area contributed by atoms with E-state index in [1.54, 1.807) is 0 Å². The second kappa shape index (κ2) is 9.85. The molecule has 0 nitrogen and oxygen atoms in total. The van der Waals surface area contributed by atoms with Crippen molar-refractivity contribution < 1.29 is 22.0 Å². The Labute approximate surface area is 188 Å². The number of alkyl halides is 3. The average Bonchev–Trinajstić information content (AvgIpc) is 2.76. The molecule has 178 valence electrons. The summed E-state index contributed by atoms with van der Waals surface area (Å²) in [5.41, 5.74) is -1.37. The second-order valence-electron chi connectivity index (χ2n) is 10.6. The maximum absolute atomic E-state index is 14.1. The van der Waals surface area contributed by atoms with E-state index < -0.39 is 23.4 Å². The van der Waals surface area contributed by atoms with Crippen LogP contribution in [0, 0.1) is 41.2 Å². The van der Waals surface area contributed by atoms with Gasteiger partial charge in [-0.2, -0.15) is 13.2 Å². The van der Waals surface area contributed by atoms with Gasteiger partial charge in [0.15, 0.2) is 0 Å². The molecule has 3 aliphatic rings. The number of rotatable bonds is 5. The van der Waals surface area contributed by atoms with Gasteiger partial charge in [0, 0.05) is 0 Å². The summed E-state index contributed by atoms with van der Waals surface area (Å²) in [7, 11) is 0. The molecule has 1 aromatic rings. The number of fused-ring (bicyclic) bond motifs is 1. The summed E-state index contributed by atoms with van der Waals surface area (Å²) in [6, 6.07) is 1.85. The molecule has 1 aromatic carbocycles. The molecule has 32 heavy (non-hydrogen) atoms. The molecule has 0 spiro atoms. The van der Waals surface area contributed by atoms with Gasteiger partial charge in [-0.25, -0.2) is 8.78 Å². The summed E-state index contributed by atoms with van der Waals surface area (Å²) in [5.74, 6) is 0.680. The first-order chi connectivity index (χ1) is 15.3. The van der Waals surface area contributed by atoms with Crippen LogP contribution in [-0.2, 0) is 6.18 Å². The Hall–Kier alpha value is -1.39. The monoisotopic (exact) mass is 454 g/mol. The first kappa shape index (κ1) is 23.8. The van der Waals surface area contributed by atoms with Crippen LogP contribution in [0.3, 0.4) is 0 Å². The maximum atomic E-state index is 14.1. The van der Waals surface area contributed by atoms with Crippen LogP contribution in [-0.4, -0.2) is 0 Å². The standard InChI is InChI=1S/C27H35F5/c1-2-3-4-17-5-7-18(8-6-17)19-9-10-21-14-22(12-11-20(21)13-19)23-15-24(28)26(25(29)16-23)27(30,31)32/h2,15-22H,1,3-14H2. The van der Waals surface area contributed by atoms with Crippen molar-refractivity contribution in [1.82, 2.24) is 0 Å². The zero-order valence-electron chi connectivity index (χ0n) is 18.8. The molecule has 3 saturated carbocycles. The quantitative estimate of drug-likeness (QED) is 0.307. The lowest BCUT2D eigenvalue weighted by molar-refractivity contribution is -0.142. The van der Waals surface area contributed by atoms with Crippen molar-refractivity contribution in [2.45, 2.75) is 89.1 Å². The molecule has 4 rings (SSSR count). The van der Waals surface area contributed by atoms with Gasteiger partial charge >= 0.3 is 6.18 Å². The van der Waals surface area contributed by atoms with Gasteiger partial charge in [-0.3, -0.25) is 0 Å². The molecule has 0 saturated heterocycles. The predicted molar refractivity (Wildman–Crippen MR) is 117 cm³/mol. The first-order valence-electron chi connectivity index (χ1n) is 12.4. The van der Waals surface area contributed by atoms with Gasteiger partial charge in [0.25, 0.3) is 0 Å². The fourth-order valence-electron chi connectivity index (χ4n) is 7.06. The summed E-state index contributed by atoms with van der Waals surface area (Å²) < 4.78 is 66.8. The number of benzene rings is 1. The topological polar surface area (TPSA) is 0 Å². The van der Waals surface area contributed by atoms with Gasteiger partial charge in [0.2, 0.25) is 0 Å². The second-order valence-corrected chi connectivity index (χ2v) is 10.6. The molecule has 0 aliphatic heterocycles. The Morgan fingerprint density at radius 3 is 1.91 bits per heavy atom. The summed E-state index contributed by atoms with van der Waals surface area (Å²) in [4.78, 5) is 0. The van der Waals surface area contributed by atoms with E-state index in [4.69, 9.17) is 0 Å². The van der Waals surface area contributed by atoms with Crippen molar-refractivity contribution in [3.8, 4) is 0 Å². The van der Waals surface area contributed by atoms with E-state index in [1.165, 1.54) is 44.9 Å². The van der Waals surface area contributed by atoms with Crippen molar-refractivity contribution in [2.24, 2.45) is 29.6 Å². The first-order valence-corrected chi connectivity index (χ1v) is 12.4. The van der Waals surface area contributed by atoms with Crippen LogP contribution in [0.15, 0.2) is 24.8 Å². The number of allylic oxidation sites excluding steroid dienone is 1. The Balaban J connectivity index is 1.33. The number of hydrogen-bond acceptors (Lipinski definition) is 0. The average molecular weight is 455 g/mol. The SMILES string of the molecule is C=CCCC1CCC(C2CCC3CC(c4cc(F)c(C(F)(F)F)c(F)c4)CCC3C2)CC1. The highest BCUT2D eigenvalue weighted by Crippen LogP contribution is 2.51. The molecule has 4 unspecified atom stereocenters. The highest BCUT2D eigenvalue weighted by Gasteiger charge is 2.41. The molecule has 0 bridgehead atoms. The fraction of sp³-hybridized carbons (Fsp3) is 0.704. The maximum Gasteiger partial charge on any atom is 0.422 e. The van der Waals surface area contributed by atoms with Crippen LogP contribution in [0.5, 0.6) is 0 Å². The molecular weight excluding hydrogens is 419 g/mol. The molecule has 0 heterocycles. The van der Waals surface area contributed by atoms with E-state index in [-0.39, 0.29) is 5.92 Å². The van der Waals surface area contributed by atoms with E-state index in [0.717, 1.165) is 62.0 Å². The zero-order chi connectivity index (χ0) is 22.9. The third-order valence-corrected chi connectivity index (χ3v) is 8.81. The van der Waals surface area contributed by atoms with Gasteiger partial charge in [-0.15, -0.1) is 6.58 Å². The van der Waals surface area contributed by atoms with Gasteiger partial charge < -0.3 is 0 Å². The Kier molecular flexibility index (Phi) is 7.31. The normalized spacial score (nSPS) is 33.5. The molecule has 0 N–H and O–H groups in total. The number of halogens is 5. The Morgan fingerprint density at radius 1 is 0.781 bits per heavy atom. The number of hydrogen-bond donors (Lipinski definition) is 0. The van der Waals surface area contributed by atoms with Crippen molar-refractivity contribution in [1.29, 1.82) is 0 Å². The molecular formula is C27H35F5. The lowest BCUT2D eigenvalue weighted by atomic mass is 9.60. The minimum atomic E-state index is -5.01. The van der Waals surface area contributed by atoms with Crippen LogP contribution >= 0.6 is 0 Å². The van der Waals surface area contributed by atoms with Crippen molar-refractivity contribution in [2.75, 3.05) is 0 Å². The smallest absolute Gasteiger partial charge is 0.206 e. The van der Waals surface area contributed by atoms with Crippen LogP contribution in [0.1, 0.15) is 94.1 Å². The predicted octanol–water partition coefficient (Wildman–Crippen LogP) is 9.06. The minimum Gasteiger partial charge on any atom is -0.206 e. The largest absolute Gasteiger partial charge is 0.422 e. The van der Waals surface area contributed by atoms with Gasteiger partial charge in [0.05, 0.1) is 0 Å². The highest BCUT2D eigenvalue weighted by molar-refractivity contribution is 5.31.